The van der Waals surface area contributed by atoms with Crippen molar-refractivity contribution in [3.63, 3.8) is 0 Å². The van der Waals surface area contributed by atoms with Crippen LogP contribution in [-0.2, 0) is 14.3 Å². The van der Waals surface area contributed by atoms with Gasteiger partial charge in [-0.1, -0.05) is 0 Å². The van der Waals surface area contributed by atoms with Gasteiger partial charge in [-0.3, -0.25) is 0 Å². The molecule has 0 aliphatic rings. The van der Waals surface area contributed by atoms with E-state index in [1.165, 1.54) is 0 Å². The van der Waals surface area contributed by atoms with Crippen LogP contribution in [0.1, 0.15) is 0 Å². The lowest BCUT2D eigenvalue weighted by Crippen LogP contribution is -1.97. The lowest BCUT2D eigenvalue weighted by atomic mass is 10.6. The molecule has 0 aliphatic carbocycles. The second kappa shape index (κ2) is 6.10. The zero-order chi connectivity index (χ0) is 7.82. The van der Waals surface area contributed by atoms with Gasteiger partial charge in [0.25, 0.3) is 0 Å². The molecule has 0 radical (unpaired) electrons. The van der Waals surface area contributed by atoms with Gasteiger partial charge in [0.05, 0.1) is 18.9 Å². The second-order valence-electron chi connectivity index (χ2n) is 1.50. The molecule has 0 rings (SSSR count). The van der Waals surface area contributed by atoms with E-state index in [9.17, 15) is 4.79 Å². The number of aliphatic carboxylic acids is 1. The molecule has 0 saturated heterocycles. The maximum atomic E-state index is 9.83. The SMILES string of the molecule is COCCOC=CC(=O)O. The summed E-state index contributed by atoms with van der Waals surface area (Å²) < 4.78 is 9.34. The van der Waals surface area contributed by atoms with Gasteiger partial charge in [0.2, 0.25) is 0 Å². The van der Waals surface area contributed by atoms with Crippen LogP contribution in [0.2, 0.25) is 0 Å². The molecule has 0 saturated carbocycles. The zero-order valence-electron chi connectivity index (χ0n) is 5.74. The topological polar surface area (TPSA) is 55.8 Å². The average Bonchev–Trinajstić information content (AvgIpc) is 1.87. The average molecular weight is 146 g/mol. The summed E-state index contributed by atoms with van der Waals surface area (Å²) in [5.41, 5.74) is 0. The number of hydrogen-bond acceptors (Lipinski definition) is 3. The normalized spacial score (nSPS) is 10.1. The van der Waals surface area contributed by atoms with Crippen molar-refractivity contribution in [3.8, 4) is 0 Å². The Morgan fingerprint density at radius 2 is 2.30 bits per heavy atom. The molecule has 0 bridgehead atoms. The van der Waals surface area contributed by atoms with E-state index < -0.39 is 5.97 Å². The molecule has 0 amide bonds. The third kappa shape index (κ3) is 6.97. The van der Waals surface area contributed by atoms with Gasteiger partial charge in [0, 0.05) is 7.11 Å². The van der Waals surface area contributed by atoms with E-state index in [0.29, 0.717) is 13.2 Å². The van der Waals surface area contributed by atoms with Crippen molar-refractivity contribution in [1.82, 2.24) is 0 Å². The summed E-state index contributed by atoms with van der Waals surface area (Å²) in [5.74, 6) is -1.02. The number of carbonyl (C=O) groups is 1. The molecule has 0 atom stereocenters. The Morgan fingerprint density at radius 3 is 2.80 bits per heavy atom. The van der Waals surface area contributed by atoms with Crippen LogP contribution in [0.4, 0.5) is 0 Å². The molecule has 10 heavy (non-hydrogen) atoms. The lowest BCUT2D eigenvalue weighted by Gasteiger charge is -1.96. The zero-order valence-corrected chi connectivity index (χ0v) is 5.74. The second-order valence-corrected chi connectivity index (χ2v) is 1.50. The molecule has 4 heteroatoms. The predicted octanol–water partition coefficient (Wildman–Crippen LogP) is 0.248. The van der Waals surface area contributed by atoms with Crippen LogP contribution in [0.15, 0.2) is 12.3 Å². The standard InChI is InChI=1S/C6H10O4/c1-9-4-5-10-3-2-6(7)8/h2-3H,4-5H2,1H3,(H,7,8). The fourth-order valence-electron chi connectivity index (χ4n) is 0.306. The van der Waals surface area contributed by atoms with E-state index in [-0.39, 0.29) is 0 Å². The monoisotopic (exact) mass is 146 g/mol. The highest BCUT2D eigenvalue weighted by molar-refractivity contribution is 5.79. The van der Waals surface area contributed by atoms with Crippen molar-refractivity contribution in [2.24, 2.45) is 0 Å². The number of carboxylic acid groups (broad SMARTS) is 1. The number of hydrogen-bond donors (Lipinski definition) is 1. The Balaban J connectivity index is 3.10. The summed E-state index contributed by atoms with van der Waals surface area (Å²) in [6.07, 6.45) is 2.05. The third-order valence-corrected chi connectivity index (χ3v) is 0.712. The summed E-state index contributed by atoms with van der Waals surface area (Å²) in [4.78, 5) is 9.83. The van der Waals surface area contributed by atoms with Gasteiger partial charge in [-0.15, -0.1) is 0 Å². The summed E-state index contributed by atoms with van der Waals surface area (Å²) in [6, 6.07) is 0. The van der Waals surface area contributed by atoms with E-state index in [1.54, 1.807) is 7.11 Å². The van der Waals surface area contributed by atoms with Gasteiger partial charge >= 0.3 is 5.97 Å². The highest BCUT2D eigenvalue weighted by Crippen LogP contribution is 1.78. The minimum absolute atomic E-state index is 0.375. The molecule has 0 heterocycles. The van der Waals surface area contributed by atoms with Crippen molar-refractivity contribution in [2.45, 2.75) is 0 Å². The van der Waals surface area contributed by atoms with E-state index in [0.717, 1.165) is 12.3 Å². The molecule has 0 aromatic heterocycles. The van der Waals surface area contributed by atoms with Crippen LogP contribution >= 0.6 is 0 Å². The molecule has 1 N–H and O–H groups in total. The molecular formula is C6H10O4. The van der Waals surface area contributed by atoms with Crippen LogP contribution in [0, 0.1) is 0 Å². The Bertz CT molecular complexity index is 119. The van der Waals surface area contributed by atoms with Gasteiger partial charge in [-0.25, -0.2) is 4.79 Å². The molecule has 0 aromatic carbocycles. The number of rotatable bonds is 5. The Hall–Kier alpha value is -1.03. The molecule has 0 aliphatic heterocycles. The molecule has 4 nitrogen and oxygen atoms in total. The maximum absolute atomic E-state index is 9.83. The fraction of sp³-hybridized carbons (Fsp3) is 0.500. The smallest absolute Gasteiger partial charge is 0.331 e. The molecule has 58 valence electrons. The minimum Gasteiger partial charge on any atom is -0.499 e. The van der Waals surface area contributed by atoms with Crippen LogP contribution < -0.4 is 0 Å². The summed E-state index contributed by atoms with van der Waals surface area (Å²) in [6.45, 7) is 0.838. The Morgan fingerprint density at radius 1 is 1.60 bits per heavy atom. The molecule has 0 unspecified atom stereocenters. The van der Waals surface area contributed by atoms with E-state index >= 15 is 0 Å². The number of ether oxygens (including phenoxy) is 2. The minimum atomic E-state index is -1.02. The number of carboxylic acids is 1. The maximum Gasteiger partial charge on any atom is 0.331 e. The number of methoxy groups -OCH3 is 1. The predicted molar refractivity (Wildman–Crippen MR) is 34.6 cm³/mol. The van der Waals surface area contributed by atoms with Crippen LogP contribution in [0.25, 0.3) is 0 Å². The summed E-state index contributed by atoms with van der Waals surface area (Å²) >= 11 is 0. The van der Waals surface area contributed by atoms with Crippen molar-refractivity contribution in [3.05, 3.63) is 12.3 Å². The first-order valence-corrected chi connectivity index (χ1v) is 2.77. The molecule has 0 spiro atoms. The molecule has 0 fully saturated rings. The van der Waals surface area contributed by atoms with E-state index in [1.807, 2.05) is 0 Å². The highest BCUT2D eigenvalue weighted by Gasteiger charge is 1.84. The highest BCUT2D eigenvalue weighted by atomic mass is 16.5. The van der Waals surface area contributed by atoms with Crippen molar-refractivity contribution in [1.29, 1.82) is 0 Å². The lowest BCUT2D eigenvalue weighted by molar-refractivity contribution is -0.131. The summed E-state index contributed by atoms with van der Waals surface area (Å²) in [7, 11) is 1.55. The van der Waals surface area contributed by atoms with E-state index in [2.05, 4.69) is 4.74 Å². The van der Waals surface area contributed by atoms with Crippen LogP contribution in [0.5, 0.6) is 0 Å². The first kappa shape index (κ1) is 8.97. The van der Waals surface area contributed by atoms with Gasteiger partial charge in [0.15, 0.2) is 0 Å². The van der Waals surface area contributed by atoms with Crippen molar-refractivity contribution >= 4 is 5.97 Å². The van der Waals surface area contributed by atoms with Crippen LogP contribution in [-0.4, -0.2) is 31.4 Å². The molecular weight excluding hydrogens is 136 g/mol. The van der Waals surface area contributed by atoms with Crippen molar-refractivity contribution in [2.75, 3.05) is 20.3 Å². The van der Waals surface area contributed by atoms with E-state index in [4.69, 9.17) is 9.84 Å². The quantitative estimate of drug-likeness (QED) is 0.343. The fourth-order valence-corrected chi connectivity index (χ4v) is 0.306. The van der Waals surface area contributed by atoms with Crippen LogP contribution in [0.3, 0.4) is 0 Å². The third-order valence-electron chi connectivity index (χ3n) is 0.712. The van der Waals surface area contributed by atoms with Gasteiger partial charge < -0.3 is 14.6 Å². The largest absolute Gasteiger partial charge is 0.499 e. The van der Waals surface area contributed by atoms with Gasteiger partial charge in [-0.05, 0) is 0 Å². The first-order chi connectivity index (χ1) is 4.77. The first-order valence-electron chi connectivity index (χ1n) is 2.77. The summed E-state index contributed by atoms with van der Waals surface area (Å²) in [5, 5.41) is 8.07. The van der Waals surface area contributed by atoms with Crippen molar-refractivity contribution < 1.29 is 19.4 Å². The molecule has 0 aromatic rings. The van der Waals surface area contributed by atoms with Gasteiger partial charge in [0.1, 0.15) is 6.61 Å². The Kier molecular flexibility index (Phi) is 5.47. The Labute approximate surface area is 59.1 Å². The van der Waals surface area contributed by atoms with Gasteiger partial charge in [-0.2, -0.15) is 0 Å².